The van der Waals surface area contributed by atoms with Crippen LogP contribution < -0.4 is 0 Å². The molecule has 0 fully saturated rings. The molecule has 1 N–H and O–H groups in total. The van der Waals surface area contributed by atoms with E-state index in [9.17, 15) is 9.59 Å². The van der Waals surface area contributed by atoms with Crippen molar-refractivity contribution in [2.45, 2.75) is 20.3 Å². The van der Waals surface area contributed by atoms with Gasteiger partial charge in [0, 0.05) is 31.9 Å². The van der Waals surface area contributed by atoms with Crippen LogP contribution in [-0.4, -0.2) is 16.9 Å². The number of carbonyl (C=O) groups is 2. The zero-order valence-corrected chi connectivity index (χ0v) is 13.0. The Hall–Kier alpha value is -1.20. The maximum atomic E-state index is 12.3. The average molecular weight is 341 g/mol. The van der Waals surface area contributed by atoms with Gasteiger partial charge < -0.3 is 5.11 Å². The number of thiophene rings is 1. The molecule has 0 atom stereocenters. The molecule has 1 aromatic heterocycles. The molecular weight excluding hydrogens is 328 g/mol. The van der Waals surface area contributed by atoms with Crippen molar-refractivity contribution in [2.24, 2.45) is 5.41 Å². The number of Topliss-reactive ketones (excluding diaryl/α,β-unsaturated/α-hetero) is 1. The van der Waals surface area contributed by atoms with Crippen LogP contribution in [0.25, 0.3) is 10.1 Å². The highest BCUT2D eigenvalue weighted by molar-refractivity contribution is 9.10. The van der Waals surface area contributed by atoms with Gasteiger partial charge in [-0.05, 0) is 35.8 Å². The van der Waals surface area contributed by atoms with E-state index < -0.39 is 11.4 Å². The summed E-state index contributed by atoms with van der Waals surface area (Å²) < 4.78 is 1.96. The van der Waals surface area contributed by atoms with E-state index >= 15 is 0 Å². The van der Waals surface area contributed by atoms with Crippen molar-refractivity contribution in [3.05, 3.63) is 33.6 Å². The smallest absolute Gasteiger partial charge is 0.309 e. The number of halogens is 1. The van der Waals surface area contributed by atoms with Gasteiger partial charge in [0.25, 0.3) is 0 Å². The van der Waals surface area contributed by atoms with Gasteiger partial charge in [-0.1, -0.05) is 12.1 Å². The number of carboxylic acid groups (broad SMARTS) is 1. The van der Waals surface area contributed by atoms with Crippen LogP contribution in [0.2, 0.25) is 0 Å². The maximum Gasteiger partial charge on any atom is 0.309 e. The lowest BCUT2D eigenvalue weighted by Gasteiger charge is -2.17. The zero-order chi connectivity index (χ0) is 14.2. The van der Waals surface area contributed by atoms with Crippen LogP contribution in [0.3, 0.4) is 0 Å². The van der Waals surface area contributed by atoms with Crippen LogP contribution in [0.4, 0.5) is 0 Å². The van der Waals surface area contributed by atoms with Gasteiger partial charge in [0.1, 0.15) is 0 Å². The molecule has 0 saturated carbocycles. The van der Waals surface area contributed by atoms with Gasteiger partial charge in [0.05, 0.1) is 5.41 Å². The largest absolute Gasteiger partial charge is 0.481 e. The molecule has 5 heteroatoms. The lowest BCUT2D eigenvalue weighted by Crippen LogP contribution is -2.26. The number of ketones is 1. The van der Waals surface area contributed by atoms with E-state index in [2.05, 4.69) is 15.9 Å². The van der Waals surface area contributed by atoms with Gasteiger partial charge in [-0.15, -0.1) is 11.3 Å². The first kappa shape index (κ1) is 14.2. The maximum absolute atomic E-state index is 12.3. The number of benzene rings is 1. The van der Waals surface area contributed by atoms with Crippen molar-refractivity contribution in [1.29, 1.82) is 0 Å². The third kappa shape index (κ3) is 2.72. The van der Waals surface area contributed by atoms with Crippen LogP contribution in [-0.2, 0) is 4.79 Å². The molecule has 0 saturated heterocycles. The predicted molar refractivity (Wildman–Crippen MR) is 79.9 cm³/mol. The van der Waals surface area contributed by atoms with Gasteiger partial charge in [-0.25, -0.2) is 0 Å². The highest BCUT2D eigenvalue weighted by Crippen LogP contribution is 2.34. The van der Waals surface area contributed by atoms with E-state index in [4.69, 9.17) is 5.11 Å². The number of hydrogen-bond acceptors (Lipinski definition) is 3. The quantitative estimate of drug-likeness (QED) is 0.842. The van der Waals surface area contributed by atoms with Crippen LogP contribution in [0, 0.1) is 5.41 Å². The second kappa shape index (κ2) is 5.06. The lowest BCUT2D eigenvalue weighted by molar-refractivity contribution is -0.146. The molecule has 1 aromatic carbocycles. The minimum absolute atomic E-state index is 0.000675. The summed E-state index contributed by atoms with van der Waals surface area (Å²) >= 11 is 4.94. The van der Waals surface area contributed by atoms with E-state index in [1.165, 1.54) is 11.3 Å². The predicted octanol–water partition coefficient (Wildman–Crippen LogP) is 4.35. The zero-order valence-electron chi connectivity index (χ0n) is 10.6. The Kier molecular flexibility index (Phi) is 3.78. The summed E-state index contributed by atoms with van der Waals surface area (Å²) in [6.07, 6.45) is 0.000675. The molecule has 0 amide bonds. The minimum atomic E-state index is -1.04. The molecule has 2 rings (SSSR count). The Bertz CT molecular complexity index is 658. The van der Waals surface area contributed by atoms with Gasteiger partial charge in [0.15, 0.2) is 5.78 Å². The molecule has 0 unspecified atom stereocenters. The summed E-state index contributed by atoms with van der Waals surface area (Å²) in [7, 11) is 0. The molecular formula is C14H13BrO3S. The van der Waals surface area contributed by atoms with E-state index in [0.717, 1.165) is 14.6 Å². The summed E-state index contributed by atoms with van der Waals surface area (Å²) in [4.78, 5) is 23.4. The SMILES string of the molecule is CC(C)(CC(=O)c1csc2c(Br)cccc12)C(=O)O. The van der Waals surface area contributed by atoms with Crippen molar-refractivity contribution in [3.8, 4) is 0 Å². The first-order valence-corrected chi connectivity index (χ1v) is 7.42. The van der Waals surface area contributed by atoms with Crippen LogP contribution in [0.1, 0.15) is 30.6 Å². The van der Waals surface area contributed by atoms with Crippen LogP contribution >= 0.6 is 27.3 Å². The molecule has 0 aliphatic heterocycles. The van der Waals surface area contributed by atoms with Gasteiger partial charge in [-0.2, -0.15) is 0 Å². The Labute approximate surface area is 123 Å². The number of fused-ring (bicyclic) bond motifs is 1. The van der Waals surface area contributed by atoms with E-state index in [0.29, 0.717) is 5.56 Å². The minimum Gasteiger partial charge on any atom is -0.481 e. The molecule has 0 spiro atoms. The van der Waals surface area contributed by atoms with Gasteiger partial charge >= 0.3 is 5.97 Å². The standard InChI is InChI=1S/C14H13BrO3S/c1-14(2,13(17)18)6-11(16)9-7-19-12-8(9)4-3-5-10(12)15/h3-5,7H,6H2,1-2H3,(H,17,18). The van der Waals surface area contributed by atoms with Crippen molar-refractivity contribution in [2.75, 3.05) is 0 Å². The number of carbonyl (C=O) groups excluding carboxylic acids is 1. The van der Waals surface area contributed by atoms with Crippen molar-refractivity contribution < 1.29 is 14.7 Å². The Morgan fingerprint density at radius 2 is 2.05 bits per heavy atom. The van der Waals surface area contributed by atoms with Crippen LogP contribution in [0.15, 0.2) is 28.1 Å². The second-order valence-corrected chi connectivity index (χ2v) is 6.79. The normalized spacial score (nSPS) is 11.7. The summed E-state index contributed by atoms with van der Waals surface area (Å²) in [5.41, 5.74) is -0.437. The summed E-state index contributed by atoms with van der Waals surface area (Å²) in [6, 6.07) is 5.68. The Balaban J connectivity index is 2.38. The highest BCUT2D eigenvalue weighted by Gasteiger charge is 2.31. The number of carboxylic acids is 1. The van der Waals surface area contributed by atoms with Crippen LogP contribution in [0.5, 0.6) is 0 Å². The van der Waals surface area contributed by atoms with E-state index in [1.807, 2.05) is 18.2 Å². The third-order valence-corrected chi connectivity index (χ3v) is 4.99. The highest BCUT2D eigenvalue weighted by atomic mass is 79.9. The molecule has 0 aliphatic rings. The summed E-state index contributed by atoms with van der Waals surface area (Å²) in [5, 5.41) is 11.8. The lowest BCUT2D eigenvalue weighted by atomic mass is 9.86. The molecule has 100 valence electrons. The molecule has 0 aliphatic carbocycles. The third-order valence-electron chi connectivity index (χ3n) is 3.03. The topological polar surface area (TPSA) is 54.4 Å². The molecule has 2 aromatic rings. The molecule has 19 heavy (non-hydrogen) atoms. The Morgan fingerprint density at radius 3 is 2.68 bits per heavy atom. The van der Waals surface area contributed by atoms with Crippen molar-refractivity contribution in [3.63, 3.8) is 0 Å². The van der Waals surface area contributed by atoms with Gasteiger partial charge in [-0.3, -0.25) is 9.59 Å². The molecule has 1 heterocycles. The van der Waals surface area contributed by atoms with Gasteiger partial charge in [0.2, 0.25) is 0 Å². The fraction of sp³-hybridized carbons (Fsp3) is 0.286. The molecule has 0 radical (unpaired) electrons. The first-order chi connectivity index (χ1) is 8.83. The fourth-order valence-electron chi connectivity index (χ4n) is 1.81. The van der Waals surface area contributed by atoms with E-state index in [-0.39, 0.29) is 12.2 Å². The average Bonchev–Trinajstić information content (AvgIpc) is 2.73. The molecule has 0 bridgehead atoms. The Morgan fingerprint density at radius 1 is 1.37 bits per heavy atom. The number of aliphatic carboxylic acids is 1. The summed E-state index contributed by atoms with van der Waals surface area (Å²) in [5.74, 6) is -1.08. The monoisotopic (exact) mass is 340 g/mol. The fourth-order valence-corrected chi connectivity index (χ4v) is 3.44. The first-order valence-electron chi connectivity index (χ1n) is 5.75. The second-order valence-electron chi connectivity index (χ2n) is 5.05. The van der Waals surface area contributed by atoms with E-state index in [1.54, 1.807) is 19.2 Å². The molecule has 3 nitrogen and oxygen atoms in total. The number of hydrogen-bond donors (Lipinski definition) is 1. The van der Waals surface area contributed by atoms with Crippen molar-refractivity contribution >= 4 is 49.1 Å². The summed E-state index contributed by atoms with van der Waals surface area (Å²) in [6.45, 7) is 3.13. The number of rotatable bonds is 4. The van der Waals surface area contributed by atoms with Crippen molar-refractivity contribution in [1.82, 2.24) is 0 Å².